The Morgan fingerprint density at radius 3 is 2.68 bits per heavy atom. The average molecular weight is 262 g/mol. The van der Waals surface area contributed by atoms with Gasteiger partial charge in [-0.1, -0.05) is 19.1 Å². The Kier molecular flexibility index (Phi) is 5.23. The Labute approximate surface area is 116 Å². The quantitative estimate of drug-likeness (QED) is 0.853. The number of benzene rings is 1. The van der Waals surface area contributed by atoms with Gasteiger partial charge in [0.25, 0.3) is 0 Å². The normalized spacial score (nSPS) is 21.5. The minimum atomic E-state index is 0.485. The molecular weight excluding hydrogens is 236 g/mol. The molecule has 2 rings (SSSR count). The van der Waals surface area contributed by atoms with Crippen LogP contribution in [0.4, 0.5) is 0 Å². The minimum absolute atomic E-state index is 0.485. The van der Waals surface area contributed by atoms with Crippen molar-refractivity contribution in [3.8, 4) is 5.75 Å². The molecule has 0 saturated carbocycles. The van der Waals surface area contributed by atoms with Crippen LogP contribution in [0.2, 0.25) is 0 Å². The highest BCUT2D eigenvalue weighted by Gasteiger charge is 2.25. The molecule has 0 aromatic heterocycles. The molecule has 1 aromatic rings. The third kappa shape index (κ3) is 3.71. The summed E-state index contributed by atoms with van der Waals surface area (Å²) in [6, 6.07) is 9.71. The number of hydrogen-bond acceptors (Lipinski definition) is 3. The van der Waals surface area contributed by atoms with E-state index in [-0.39, 0.29) is 0 Å². The number of likely N-dealkylation sites (tertiary alicyclic amines) is 1. The first kappa shape index (κ1) is 14.4. The highest BCUT2D eigenvalue weighted by Crippen LogP contribution is 2.26. The first-order valence-electron chi connectivity index (χ1n) is 7.38. The molecule has 1 N–H and O–H groups in total. The molecule has 3 heteroatoms. The van der Waals surface area contributed by atoms with E-state index in [0.717, 1.165) is 25.3 Å². The topological polar surface area (TPSA) is 24.5 Å². The predicted molar refractivity (Wildman–Crippen MR) is 79.7 cm³/mol. The van der Waals surface area contributed by atoms with Crippen molar-refractivity contribution < 1.29 is 4.74 Å². The Morgan fingerprint density at radius 2 is 2.11 bits per heavy atom. The first-order chi connectivity index (χ1) is 9.24. The highest BCUT2D eigenvalue weighted by molar-refractivity contribution is 5.29. The summed E-state index contributed by atoms with van der Waals surface area (Å²) in [4.78, 5) is 2.54. The van der Waals surface area contributed by atoms with E-state index in [2.05, 4.69) is 55.4 Å². The van der Waals surface area contributed by atoms with Gasteiger partial charge in [0.15, 0.2) is 0 Å². The van der Waals surface area contributed by atoms with Crippen molar-refractivity contribution in [3.63, 3.8) is 0 Å². The Hall–Kier alpha value is -1.06. The summed E-state index contributed by atoms with van der Waals surface area (Å²) in [6.07, 6.45) is 2.30. The first-order valence-corrected chi connectivity index (χ1v) is 7.38. The number of rotatable bonds is 6. The van der Waals surface area contributed by atoms with E-state index >= 15 is 0 Å². The zero-order valence-corrected chi connectivity index (χ0v) is 12.4. The second-order valence-corrected chi connectivity index (χ2v) is 5.36. The third-order valence-electron chi connectivity index (χ3n) is 4.01. The molecule has 1 fully saturated rings. The van der Waals surface area contributed by atoms with Gasteiger partial charge >= 0.3 is 0 Å². The second kappa shape index (κ2) is 6.92. The summed E-state index contributed by atoms with van der Waals surface area (Å²) < 4.78 is 5.63. The smallest absolute Gasteiger partial charge is 0.119 e. The van der Waals surface area contributed by atoms with E-state index in [1.807, 2.05) is 0 Å². The van der Waals surface area contributed by atoms with Crippen LogP contribution in [0.1, 0.15) is 38.3 Å². The number of nitrogens with zero attached hydrogens (tertiary/aromatic N) is 1. The molecule has 0 bridgehead atoms. The Morgan fingerprint density at radius 1 is 1.37 bits per heavy atom. The molecule has 1 aliphatic heterocycles. The maximum Gasteiger partial charge on any atom is 0.119 e. The summed E-state index contributed by atoms with van der Waals surface area (Å²) in [6.45, 7) is 7.54. The van der Waals surface area contributed by atoms with Crippen LogP contribution in [0, 0.1) is 0 Å². The van der Waals surface area contributed by atoms with E-state index in [0.29, 0.717) is 12.1 Å². The van der Waals surface area contributed by atoms with Crippen LogP contribution in [0.25, 0.3) is 0 Å². The van der Waals surface area contributed by atoms with E-state index in [1.54, 1.807) is 0 Å². The summed E-state index contributed by atoms with van der Waals surface area (Å²) in [5.41, 5.74) is 1.38. The average Bonchev–Trinajstić information content (AvgIpc) is 2.94. The molecule has 1 saturated heterocycles. The fourth-order valence-corrected chi connectivity index (χ4v) is 2.65. The number of hydrogen-bond donors (Lipinski definition) is 1. The molecule has 1 aromatic carbocycles. The van der Waals surface area contributed by atoms with Crippen LogP contribution < -0.4 is 10.1 Å². The zero-order valence-electron chi connectivity index (χ0n) is 12.4. The lowest BCUT2D eigenvalue weighted by molar-refractivity contribution is 0.256. The van der Waals surface area contributed by atoms with E-state index in [1.165, 1.54) is 18.5 Å². The van der Waals surface area contributed by atoms with Gasteiger partial charge in [0.1, 0.15) is 5.75 Å². The molecule has 0 spiro atoms. The SMILES string of the molecule is CCCOc1ccc(C(C)N2CCC(NC)C2)cc1. The Bertz CT molecular complexity index is 377. The summed E-state index contributed by atoms with van der Waals surface area (Å²) in [7, 11) is 2.05. The molecule has 19 heavy (non-hydrogen) atoms. The molecule has 1 aliphatic rings. The van der Waals surface area contributed by atoms with Crippen molar-refractivity contribution in [2.45, 2.75) is 38.8 Å². The lowest BCUT2D eigenvalue weighted by atomic mass is 10.1. The fraction of sp³-hybridized carbons (Fsp3) is 0.625. The van der Waals surface area contributed by atoms with Crippen LogP contribution in [0.5, 0.6) is 5.75 Å². The molecule has 3 nitrogen and oxygen atoms in total. The van der Waals surface area contributed by atoms with E-state index < -0.39 is 0 Å². The third-order valence-corrected chi connectivity index (χ3v) is 4.01. The van der Waals surface area contributed by atoms with Gasteiger partial charge in [-0.3, -0.25) is 4.90 Å². The van der Waals surface area contributed by atoms with Crippen molar-refractivity contribution in [3.05, 3.63) is 29.8 Å². The van der Waals surface area contributed by atoms with Gasteiger partial charge in [-0.2, -0.15) is 0 Å². The van der Waals surface area contributed by atoms with Crippen molar-refractivity contribution in [2.75, 3.05) is 26.7 Å². The number of nitrogens with one attached hydrogen (secondary N) is 1. The second-order valence-electron chi connectivity index (χ2n) is 5.36. The van der Waals surface area contributed by atoms with Gasteiger partial charge in [-0.15, -0.1) is 0 Å². The largest absolute Gasteiger partial charge is 0.494 e. The van der Waals surface area contributed by atoms with E-state index in [9.17, 15) is 0 Å². The van der Waals surface area contributed by atoms with Crippen LogP contribution >= 0.6 is 0 Å². The maximum absolute atomic E-state index is 5.63. The van der Waals surface area contributed by atoms with Crippen LogP contribution in [0.15, 0.2) is 24.3 Å². The summed E-state index contributed by atoms with van der Waals surface area (Å²) in [5.74, 6) is 0.979. The fourth-order valence-electron chi connectivity index (χ4n) is 2.65. The lowest BCUT2D eigenvalue weighted by Crippen LogP contribution is -2.31. The van der Waals surface area contributed by atoms with Crippen molar-refractivity contribution in [1.29, 1.82) is 0 Å². The van der Waals surface area contributed by atoms with Crippen LogP contribution in [-0.4, -0.2) is 37.7 Å². The summed E-state index contributed by atoms with van der Waals surface area (Å²) >= 11 is 0. The van der Waals surface area contributed by atoms with Crippen LogP contribution in [-0.2, 0) is 0 Å². The molecule has 1 heterocycles. The van der Waals surface area contributed by atoms with Crippen LogP contribution in [0.3, 0.4) is 0 Å². The molecular formula is C16H26N2O. The van der Waals surface area contributed by atoms with Crippen molar-refractivity contribution in [2.24, 2.45) is 0 Å². The van der Waals surface area contributed by atoms with Gasteiger partial charge in [-0.05, 0) is 44.5 Å². The molecule has 0 amide bonds. The molecule has 0 radical (unpaired) electrons. The highest BCUT2D eigenvalue weighted by atomic mass is 16.5. The molecule has 106 valence electrons. The van der Waals surface area contributed by atoms with Crippen molar-refractivity contribution in [1.82, 2.24) is 10.2 Å². The molecule has 2 atom stereocenters. The number of ether oxygens (including phenoxy) is 1. The van der Waals surface area contributed by atoms with Gasteiger partial charge in [-0.25, -0.2) is 0 Å². The minimum Gasteiger partial charge on any atom is -0.494 e. The predicted octanol–water partition coefficient (Wildman–Crippen LogP) is 2.83. The van der Waals surface area contributed by atoms with Gasteiger partial charge in [0.2, 0.25) is 0 Å². The zero-order chi connectivity index (χ0) is 13.7. The summed E-state index contributed by atoms with van der Waals surface area (Å²) in [5, 5.41) is 3.37. The number of likely N-dealkylation sites (N-methyl/N-ethyl adjacent to an activating group) is 1. The Balaban J connectivity index is 1.94. The standard InChI is InChI=1S/C16H26N2O/c1-4-11-19-16-7-5-14(6-8-16)13(2)18-10-9-15(12-18)17-3/h5-8,13,15,17H,4,9-12H2,1-3H3. The molecule has 2 unspecified atom stereocenters. The van der Waals surface area contributed by atoms with Gasteiger partial charge < -0.3 is 10.1 Å². The van der Waals surface area contributed by atoms with Gasteiger partial charge in [0, 0.05) is 25.2 Å². The van der Waals surface area contributed by atoms with E-state index in [4.69, 9.17) is 4.74 Å². The van der Waals surface area contributed by atoms with Gasteiger partial charge in [0.05, 0.1) is 6.61 Å². The molecule has 0 aliphatic carbocycles. The maximum atomic E-state index is 5.63. The van der Waals surface area contributed by atoms with Crippen molar-refractivity contribution >= 4 is 0 Å². The monoisotopic (exact) mass is 262 g/mol. The lowest BCUT2D eigenvalue weighted by Gasteiger charge is -2.24.